The SMILES string of the molecule is CCC(c1ccccc1)c1nc2c(C#N)cccc2[nH]1. The highest BCUT2D eigenvalue weighted by atomic mass is 14.9. The van der Waals surface area contributed by atoms with Crippen molar-refractivity contribution in [2.24, 2.45) is 0 Å². The van der Waals surface area contributed by atoms with E-state index in [1.807, 2.05) is 30.3 Å². The van der Waals surface area contributed by atoms with Crippen LogP contribution < -0.4 is 0 Å². The van der Waals surface area contributed by atoms with Gasteiger partial charge < -0.3 is 4.98 Å². The van der Waals surface area contributed by atoms with Gasteiger partial charge in [-0.25, -0.2) is 4.98 Å². The van der Waals surface area contributed by atoms with Gasteiger partial charge in [-0.3, -0.25) is 0 Å². The minimum absolute atomic E-state index is 0.232. The van der Waals surface area contributed by atoms with E-state index >= 15 is 0 Å². The average molecular weight is 261 g/mol. The molecule has 0 aliphatic rings. The van der Waals surface area contributed by atoms with E-state index in [0.29, 0.717) is 5.56 Å². The molecule has 0 aliphatic heterocycles. The number of nitrogens with one attached hydrogen (secondary N) is 1. The fourth-order valence-electron chi connectivity index (χ4n) is 2.58. The number of H-pyrrole nitrogens is 1. The van der Waals surface area contributed by atoms with Gasteiger partial charge in [0.2, 0.25) is 0 Å². The third-order valence-corrected chi connectivity index (χ3v) is 3.59. The minimum Gasteiger partial charge on any atom is -0.341 e. The van der Waals surface area contributed by atoms with Crippen LogP contribution in [0, 0.1) is 11.3 Å². The van der Waals surface area contributed by atoms with E-state index in [0.717, 1.165) is 23.3 Å². The summed E-state index contributed by atoms with van der Waals surface area (Å²) in [5.74, 6) is 1.16. The molecule has 3 nitrogen and oxygen atoms in total. The third kappa shape index (κ3) is 2.06. The molecule has 3 rings (SSSR count). The van der Waals surface area contributed by atoms with Crippen molar-refractivity contribution in [3.63, 3.8) is 0 Å². The molecule has 1 atom stereocenters. The Morgan fingerprint density at radius 1 is 1.15 bits per heavy atom. The van der Waals surface area contributed by atoms with E-state index in [1.54, 1.807) is 6.07 Å². The van der Waals surface area contributed by atoms with E-state index in [9.17, 15) is 0 Å². The van der Waals surface area contributed by atoms with Crippen LogP contribution >= 0.6 is 0 Å². The van der Waals surface area contributed by atoms with Gasteiger partial charge in [-0.15, -0.1) is 0 Å². The molecule has 3 heteroatoms. The molecule has 3 aromatic rings. The van der Waals surface area contributed by atoms with E-state index in [1.165, 1.54) is 5.56 Å². The van der Waals surface area contributed by atoms with Gasteiger partial charge in [0.15, 0.2) is 0 Å². The minimum atomic E-state index is 0.232. The predicted octanol–water partition coefficient (Wildman–Crippen LogP) is 3.98. The Kier molecular flexibility index (Phi) is 3.22. The fraction of sp³-hybridized carbons (Fsp3) is 0.176. The maximum Gasteiger partial charge on any atom is 0.114 e. The van der Waals surface area contributed by atoms with Crippen molar-refractivity contribution >= 4 is 11.0 Å². The molecule has 1 heterocycles. The Morgan fingerprint density at radius 3 is 2.65 bits per heavy atom. The summed E-state index contributed by atoms with van der Waals surface area (Å²) in [7, 11) is 0. The van der Waals surface area contributed by atoms with Crippen molar-refractivity contribution < 1.29 is 0 Å². The number of hydrogen-bond donors (Lipinski definition) is 1. The van der Waals surface area contributed by atoms with Crippen LogP contribution in [0.25, 0.3) is 11.0 Å². The highest BCUT2D eigenvalue weighted by molar-refractivity contribution is 5.81. The van der Waals surface area contributed by atoms with Crippen LogP contribution in [-0.4, -0.2) is 9.97 Å². The average Bonchev–Trinajstić information content (AvgIpc) is 2.92. The Hall–Kier alpha value is -2.60. The number of nitrogens with zero attached hydrogens (tertiary/aromatic N) is 2. The Bertz CT molecular complexity index is 766. The van der Waals surface area contributed by atoms with Crippen molar-refractivity contribution in [2.75, 3.05) is 0 Å². The van der Waals surface area contributed by atoms with Gasteiger partial charge in [0.1, 0.15) is 17.4 Å². The molecule has 2 aromatic carbocycles. The first-order valence-corrected chi connectivity index (χ1v) is 6.77. The molecule has 0 amide bonds. The van der Waals surface area contributed by atoms with Crippen molar-refractivity contribution in [2.45, 2.75) is 19.3 Å². The van der Waals surface area contributed by atoms with Crippen molar-refractivity contribution in [3.05, 3.63) is 65.5 Å². The lowest BCUT2D eigenvalue weighted by molar-refractivity contribution is 0.732. The zero-order valence-electron chi connectivity index (χ0n) is 11.3. The quantitative estimate of drug-likeness (QED) is 0.775. The summed E-state index contributed by atoms with van der Waals surface area (Å²) >= 11 is 0. The molecule has 0 bridgehead atoms. The van der Waals surface area contributed by atoms with Gasteiger partial charge in [0.25, 0.3) is 0 Å². The van der Waals surface area contributed by atoms with Crippen LogP contribution in [0.15, 0.2) is 48.5 Å². The van der Waals surface area contributed by atoms with Crippen molar-refractivity contribution in [1.29, 1.82) is 5.26 Å². The molecular formula is C17H15N3. The Labute approximate surface area is 117 Å². The molecule has 1 aromatic heterocycles. The first-order valence-electron chi connectivity index (χ1n) is 6.77. The second-order valence-electron chi connectivity index (χ2n) is 4.81. The number of imidazole rings is 1. The van der Waals surface area contributed by atoms with Gasteiger partial charge in [0.05, 0.1) is 11.1 Å². The van der Waals surface area contributed by atoms with Crippen LogP contribution in [0.2, 0.25) is 0 Å². The number of nitriles is 1. The lowest BCUT2D eigenvalue weighted by Gasteiger charge is -2.12. The molecule has 0 saturated heterocycles. The first-order chi connectivity index (χ1) is 9.83. The monoisotopic (exact) mass is 261 g/mol. The van der Waals surface area contributed by atoms with Gasteiger partial charge in [-0.05, 0) is 24.1 Å². The second-order valence-corrected chi connectivity index (χ2v) is 4.81. The van der Waals surface area contributed by atoms with Crippen LogP contribution in [0.5, 0.6) is 0 Å². The highest BCUT2D eigenvalue weighted by Crippen LogP contribution is 2.28. The normalized spacial score (nSPS) is 12.2. The highest BCUT2D eigenvalue weighted by Gasteiger charge is 2.17. The number of benzene rings is 2. The number of rotatable bonds is 3. The fourth-order valence-corrected chi connectivity index (χ4v) is 2.58. The summed E-state index contributed by atoms with van der Waals surface area (Å²) in [6.45, 7) is 2.15. The Balaban J connectivity index is 2.12. The summed E-state index contributed by atoms with van der Waals surface area (Å²) < 4.78 is 0. The van der Waals surface area contributed by atoms with E-state index < -0.39 is 0 Å². The smallest absolute Gasteiger partial charge is 0.114 e. The van der Waals surface area contributed by atoms with Gasteiger partial charge in [-0.1, -0.05) is 43.3 Å². The molecule has 20 heavy (non-hydrogen) atoms. The lowest BCUT2D eigenvalue weighted by atomic mass is 9.96. The maximum atomic E-state index is 9.15. The first kappa shape index (κ1) is 12.4. The molecule has 0 spiro atoms. The number of aromatic nitrogens is 2. The van der Waals surface area contributed by atoms with E-state index in [2.05, 4.69) is 35.1 Å². The standard InChI is InChI=1S/C17H15N3/c1-2-14(12-7-4-3-5-8-12)17-19-15-10-6-9-13(11-18)16(15)20-17/h3-10,14H,2H2,1H3,(H,19,20). The van der Waals surface area contributed by atoms with Crippen LogP contribution in [0.4, 0.5) is 0 Å². The van der Waals surface area contributed by atoms with Crippen LogP contribution in [0.1, 0.15) is 36.2 Å². The molecule has 0 radical (unpaired) electrons. The predicted molar refractivity (Wildman–Crippen MR) is 79.4 cm³/mol. The number of para-hydroxylation sites is 1. The second kappa shape index (κ2) is 5.18. The molecule has 0 fully saturated rings. The van der Waals surface area contributed by atoms with Gasteiger partial charge in [-0.2, -0.15) is 5.26 Å². The van der Waals surface area contributed by atoms with Gasteiger partial charge in [0, 0.05) is 5.92 Å². The number of fused-ring (bicyclic) bond motifs is 1. The molecule has 1 unspecified atom stereocenters. The molecule has 0 saturated carbocycles. The van der Waals surface area contributed by atoms with Crippen molar-refractivity contribution in [1.82, 2.24) is 9.97 Å². The Morgan fingerprint density at radius 2 is 1.95 bits per heavy atom. The largest absolute Gasteiger partial charge is 0.341 e. The zero-order valence-corrected chi connectivity index (χ0v) is 11.3. The molecule has 98 valence electrons. The van der Waals surface area contributed by atoms with E-state index in [-0.39, 0.29) is 5.92 Å². The molecule has 0 aliphatic carbocycles. The third-order valence-electron chi connectivity index (χ3n) is 3.59. The molecular weight excluding hydrogens is 246 g/mol. The summed E-state index contributed by atoms with van der Waals surface area (Å²) in [5, 5.41) is 9.15. The lowest BCUT2D eigenvalue weighted by Crippen LogP contribution is -2.01. The maximum absolute atomic E-state index is 9.15. The molecule has 1 N–H and O–H groups in total. The number of hydrogen-bond acceptors (Lipinski definition) is 2. The number of aromatic amines is 1. The summed E-state index contributed by atoms with van der Waals surface area (Å²) in [6.07, 6.45) is 0.964. The topological polar surface area (TPSA) is 52.5 Å². The summed E-state index contributed by atoms with van der Waals surface area (Å²) in [5.41, 5.74) is 3.55. The van der Waals surface area contributed by atoms with Crippen molar-refractivity contribution in [3.8, 4) is 6.07 Å². The summed E-state index contributed by atoms with van der Waals surface area (Å²) in [6, 6.07) is 18.2. The van der Waals surface area contributed by atoms with E-state index in [4.69, 9.17) is 5.26 Å². The van der Waals surface area contributed by atoms with Gasteiger partial charge >= 0.3 is 0 Å². The van der Waals surface area contributed by atoms with Crippen LogP contribution in [0.3, 0.4) is 0 Å². The summed E-state index contributed by atoms with van der Waals surface area (Å²) in [4.78, 5) is 8.01. The zero-order chi connectivity index (χ0) is 13.9. The van der Waals surface area contributed by atoms with Crippen LogP contribution in [-0.2, 0) is 0 Å².